The van der Waals surface area contributed by atoms with E-state index in [2.05, 4.69) is 20.4 Å². The first-order valence-corrected chi connectivity index (χ1v) is 10.4. The van der Waals surface area contributed by atoms with Crippen molar-refractivity contribution in [1.29, 1.82) is 0 Å². The zero-order chi connectivity index (χ0) is 18.9. The Bertz CT molecular complexity index is 668. The van der Waals surface area contributed by atoms with Crippen LogP contribution < -0.4 is 10.9 Å². The molecular formula is C20H32N4O3. The molecule has 3 rings (SSSR count). The number of nitrogens with zero attached hydrogens (tertiary/aromatic N) is 2. The molecule has 1 amide bonds. The smallest absolute Gasteiger partial charge is 0.267 e. The number of fused-ring (bicyclic) bond motifs is 1. The summed E-state index contributed by atoms with van der Waals surface area (Å²) in [4.78, 5) is 26.6. The molecule has 1 aromatic rings. The van der Waals surface area contributed by atoms with E-state index in [9.17, 15) is 9.59 Å². The summed E-state index contributed by atoms with van der Waals surface area (Å²) < 4.78 is 5.36. The molecule has 1 saturated heterocycles. The van der Waals surface area contributed by atoms with E-state index < -0.39 is 0 Å². The van der Waals surface area contributed by atoms with Crippen molar-refractivity contribution in [3.63, 3.8) is 0 Å². The molecule has 1 fully saturated rings. The van der Waals surface area contributed by atoms with Gasteiger partial charge in [0.05, 0.1) is 25.3 Å². The quantitative estimate of drug-likeness (QED) is 0.633. The molecule has 0 unspecified atom stereocenters. The molecule has 0 atom stereocenters. The molecule has 7 nitrogen and oxygen atoms in total. The van der Waals surface area contributed by atoms with E-state index in [1.807, 2.05) is 0 Å². The lowest BCUT2D eigenvalue weighted by molar-refractivity contribution is -0.120. The fourth-order valence-electron chi connectivity index (χ4n) is 3.95. The summed E-state index contributed by atoms with van der Waals surface area (Å²) in [5.41, 5.74) is 2.49. The van der Waals surface area contributed by atoms with Crippen LogP contribution in [0.3, 0.4) is 0 Å². The number of hydrogen-bond acceptors (Lipinski definition) is 5. The van der Waals surface area contributed by atoms with Crippen LogP contribution in [0.1, 0.15) is 55.3 Å². The number of nitrogens with one attached hydrogen (secondary N) is 2. The fourth-order valence-corrected chi connectivity index (χ4v) is 3.95. The Hall–Kier alpha value is -1.73. The third-order valence-corrected chi connectivity index (χ3v) is 5.54. The number of unbranched alkanes of at least 4 members (excludes halogenated alkanes) is 3. The summed E-state index contributed by atoms with van der Waals surface area (Å²) in [6.07, 6.45) is 8.57. The normalized spacial score (nSPS) is 17.5. The van der Waals surface area contributed by atoms with Crippen molar-refractivity contribution in [3.05, 3.63) is 27.2 Å². The fraction of sp³-hybridized carbons (Fsp3) is 0.750. The Morgan fingerprint density at radius 2 is 1.81 bits per heavy atom. The maximum atomic E-state index is 12.2. The van der Waals surface area contributed by atoms with E-state index in [0.29, 0.717) is 6.54 Å². The molecule has 2 aliphatic rings. The second-order valence-electron chi connectivity index (χ2n) is 7.56. The highest BCUT2D eigenvalue weighted by molar-refractivity contribution is 5.78. The average molecular weight is 377 g/mol. The van der Waals surface area contributed by atoms with Crippen molar-refractivity contribution in [1.82, 2.24) is 20.4 Å². The van der Waals surface area contributed by atoms with Crippen molar-refractivity contribution in [2.45, 2.75) is 57.8 Å². The van der Waals surface area contributed by atoms with Crippen molar-refractivity contribution >= 4 is 5.91 Å². The highest BCUT2D eigenvalue weighted by Gasteiger charge is 2.19. The monoisotopic (exact) mass is 376 g/mol. The van der Waals surface area contributed by atoms with Gasteiger partial charge in [-0.1, -0.05) is 12.8 Å². The lowest BCUT2D eigenvalue weighted by atomic mass is 9.91. The van der Waals surface area contributed by atoms with Gasteiger partial charge >= 0.3 is 0 Å². The maximum Gasteiger partial charge on any atom is 0.267 e. The molecule has 7 heteroatoms. The third-order valence-electron chi connectivity index (χ3n) is 5.54. The zero-order valence-electron chi connectivity index (χ0n) is 16.2. The van der Waals surface area contributed by atoms with Gasteiger partial charge < -0.3 is 10.1 Å². The van der Waals surface area contributed by atoms with Crippen molar-refractivity contribution in [3.8, 4) is 0 Å². The van der Waals surface area contributed by atoms with Crippen LogP contribution in [0.4, 0.5) is 0 Å². The molecule has 1 aromatic heterocycles. The number of amides is 1. The Labute approximate surface area is 160 Å². The number of rotatable bonds is 9. The topological polar surface area (TPSA) is 87.3 Å². The summed E-state index contributed by atoms with van der Waals surface area (Å²) in [5.74, 6) is -0.00404. The van der Waals surface area contributed by atoms with E-state index in [1.165, 1.54) is 12.8 Å². The van der Waals surface area contributed by atoms with Crippen molar-refractivity contribution < 1.29 is 9.53 Å². The minimum absolute atomic E-state index is 0.00404. The minimum Gasteiger partial charge on any atom is -0.379 e. The molecule has 2 heterocycles. The second-order valence-corrected chi connectivity index (χ2v) is 7.56. The van der Waals surface area contributed by atoms with Crippen molar-refractivity contribution in [2.24, 2.45) is 0 Å². The van der Waals surface area contributed by atoms with E-state index in [1.54, 1.807) is 0 Å². The van der Waals surface area contributed by atoms with Gasteiger partial charge in [0, 0.05) is 25.2 Å². The number of morpholine rings is 1. The lowest BCUT2D eigenvalue weighted by Gasteiger charge is -2.26. The molecule has 0 bridgehead atoms. The average Bonchev–Trinajstić information content (AvgIpc) is 2.70. The minimum atomic E-state index is -0.0917. The van der Waals surface area contributed by atoms with Crippen LogP contribution in [-0.4, -0.2) is 60.4 Å². The highest BCUT2D eigenvalue weighted by atomic mass is 16.5. The molecule has 1 aliphatic heterocycles. The van der Waals surface area contributed by atoms with Crippen LogP contribution in [0.25, 0.3) is 0 Å². The van der Waals surface area contributed by atoms with Gasteiger partial charge in [-0.25, -0.2) is 5.10 Å². The lowest BCUT2D eigenvalue weighted by Crippen LogP contribution is -2.36. The van der Waals surface area contributed by atoms with Gasteiger partial charge in [0.15, 0.2) is 0 Å². The van der Waals surface area contributed by atoms with Gasteiger partial charge in [0.2, 0.25) is 5.91 Å². The Morgan fingerprint density at radius 3 is 2.63 bits per heavy atom. The van der Waals surface area contributed by atoms with Crippen LogP contribution in [0.2, 0.25) is 0 Å². The first kappa shape index (κ1) is 20.0. The van der Waals surface area contributed by atoms with Gasteiger partial charge in [0.1, 0.15) is 0 Å². The Kier molecular flexibility index (Phi) is 7.83. The van der Waals surface area contributed by atoms with Crippen LogP contribution in [-0.2, 0) is 28.8 Å². The molecule has 0 radical (unpaired) electrons. The Morgan fingerprint density at radius 1 is 1.07 bits per heavy atom. The predicted molar refractivity (Wildman–Crippen MR) is 104 cm³/mol. The molecule has 0 aromatic carbocycles. The van der Waals surface area contributed by atoms with E-state index >= 15 is 0 Å². The molecule has 0 spiro atoms. The predicted octanol–water partition coefficient (Wildman–Crippen LogP) is 1.20. The standard InChI is InChI=1S/C20H32N4O3/c25-19(15-18-16-7-3-4-8-17(16)20(26)23-22-18)21-9-5-1-2-6-10-24-11-13-27-14-12-24/h1-15H2,(H,21,25)(H,23,26). The third kappa shape index (κ3) is 6.14. The molecule has 1 aliphatic carbocycles. The van der Waals surface area contributed by atoms with Gasteiger partial charge in [0.25, 0.3) is 5.56 Å². The summed E-state index contributed by atoms with van der Waals surface area (Å²) in [6, 6.07) is 0. The van der Waals surface area contributed by atoms with Gasteiger partial charge in [-0.05, 0) is 50.6 Å². The highest BCUT2D eigenvalue weighted by Crippen LogP contribution is 2.20. The Balaban J connectivity index is 1.30. The van der Waals surface area contributed by atoms with Crippen molar-refractivity contribution in [2.75, 3.05) is 39.4 Å². The first-order chi connectivity index (χ1) is 13.2. The number of aromatic nitrogens is 2. The first-order valence-electron chi connectivity index (χ1n) is 10.4. The van der Waals surface area contributed by atoms with Gasteiger partial charge in [-0.3, -0.25) is 14.5 Å². The van der Waals surface area contributed by atoms with Crippen LogP contribution >= 0.6 is 0 Å². The SMILES string of the molecule is O=C(Cc1n[nH]c(=O)c2c1CCCC2)NCCCCCCN1CCOCC1. The molecule has 150 valence electrons. The number of carbonyl (C=O) groups is 1. The molecule has 2 N–H and O–H groups in total. The number of H-pyrrole nitrogens is 1. The van der Waals surface area contributed by atoms with E-state index in [4.69, 9.17) is 4.74 Å². The summed E-state index contributed by atoms with van der Waals surface area (Å²) in [6.45, 7) is 5.69. The second kappa shape index (κ2) is 10.6. The van der Waals surface area contributed by atoms with Gasteiger partial charge in [-0.2, -0.15) is 5.10 Å². The van der Waals surface area contributed by atoms with Crippen LogP contribution in [0, 0.1) is 0 Å². The molecular weight excluding hydrogens is 344 g/mol. The van der Waals surface area contributed by atoms with E-state index in [0.717, 1.165) is 88.2 Å². The zero-order valence-corrected chi connectivity index (χ0v) is 16.2. The van der Waals surface area contributed by atoms with Crippen LogP contribution in [0.5, 0.6) is 0 Å². The number of carbonyl (C=O) groups excluding carboxylic acids is 1. The summed E-state index contributed by atoms with van der Waals surface area (Å²) in [7, 11) is 0. The number of hydrogen-bond donors (Lipinski definition) is 2. The molecule has 27 heavy (non-hydrogen) atoms. The largest absolute Gasteiger partial charge is 0.379 e. The molecule has 0 saturated carbocycles. The summed E-state index contributed by atoms with van der Waals surface area (Å²) in [5, 5.41) is 9.68. The number of aromatic amines is 1. The van der Waals surface area contributed by atoms with Gasteiger partial charge in [-0.15, -0.1) is 0 Å². The maximum absolute atomic E-state index is 12.2. The number of ether oxygens (including phenoxy) is 1. The summed E-state index contributed by atoms with van der Waals surface area (Å²) >= 11 is 0. The van der Waals surface area contributed by atoms with Crippen LogP contribution in [0.15, 0.2) is 4.79 Å². The van der Waals surface area contributed by atoms with E-state index in [-0.39, 0.29) is 17.9 Å².